The van der Waals surface area contributed by atoms with Gasteiger partial charge in [-0.05, 0) is 37.5 Å². The molecule has 1 N–H and O–H groups in total. The summed E-state index contributed by atoms with van der Waals surface area (Å²) in [6.45, 7) is 6.44. The molecule has 0 saturated heterocycles. The molecule has 2 rings (SSSR count). The van der Waals surface area contributed by atoms with Gasteiger partial charge in [0.1, 0.15) is 23.2 Å². The Kier molecular flexibility index (Phi) is 7.20. The average molecular weight is 403 g/mol. The van der Waals surface area contributed by atoms with Crippen LogP contribution < -0.4 is 5.32 Å². The van der Waals surface area contributed by atoms with Crippen molar-refractivity contribution in [2.75, 3.05) is 6.61 Å². The summed E-state index contributed by atoms with van der Waals surface area (Å²) in [5, 5.41) is 2.29. The summed E-state index contributed by atoms with van der Waals surface area (Å²) in [6, 6.07) is 7.13. The molecule has 0 spiro atoms. The van der Waals surface area contributed by atoms with Gasteiger partial charge in [0.05, 0.1) is 0 Å². The summed E-state index contributed by atoms with van der Waals surface area (Å²) >= 11 is 0. The number of Topliss-reactive ketones (excluding diaryl/α,β-unsaturated/α-hetero) is 1. The summed E-state index contributed by atoms with van der Waals surface area (Å²) in [6.07, 6.45) is 0. The molecule has 0 bridgehead atoms. The van der Waals surface area contributed by atoms with Crippen molar-refractivity contribution in [1.29, 1.82) is 0 Å². The highest BCUT2D eigenvalue weighted by Crippen LogP contribution is 2.15. The maximum absolute atomic E-state index is 13.8. The first-order valence-electron chi connectivity index (χ1n) is 9.13. The van der Waals surface area contributed by atoms with Gasteiger partial charge in [0.25, 0.3) is 5.91 Å². The highest BCUT2D eigenvalue weighted by Gasteiger charge is 2.29. The van der Waals surface area contributed by atoms with Gasteiger partial charge in [-0.15, -0.1) is 0 Å². The minimum atomic E-state index is -1.17. The van der Waals surface area contributed by atoms with Crippen LogP contribution in [0.4, 0.5) is 8.78 Å². The van der Waals surface area contributed by atoms with Crippen LogP contribution in [0.5, 0.6) is 0 Å². The Labute approximate surface area is 168 Å². The maximum atomic E-state index is 13.8. The van der Waals surface area contributed by atoms with E-state index in [0.717, 1.165) is 29.3 Å². The number of hydrogen-bond donors (Lipinski definition) is 1. The molecule has 0 aliphatic rings. The second-order valence-electron chi connectivity index (χ2n) is 7.14. The summed E-state index contributed by atoms with van der Waals surface area (Å²) in [7, 11) is 0. The Balaban J connectivity index is 2.07. The topological polar surface area (TPSA) is 72.5 Å². The van der Waals surface area contributed by atoms with Crippen molar-refractivity contribution in [3.8, 4) is 0 Å². The molecule has 154 valence electrons. The van der Waals surface area contributed by atoms with E-state index in [9.17, 15) is 23.2 Å². The number of carbonyl (C=O) groups is 3. The first-order chi connectivity index (χ1) is 13.6. The summed E-state index contributed by atoms with van der Waals surface area (Å²) in [5.74, 6) is -4.82. The molecule has 0 unspecified atom stereocenters. The van der Waals surface area contributed by atoms with E-state index in [0.29, 0.717) is 5.56 Å². The minimum Gasteiger partial charge on any atom is -0.456 e. The third-order valence-corrected chi connectivity index (χ3v) is 4.42. The lowest BCUT2D eigenvalue weighted by Gasteiger charge is -2.21. The second-order valence-corrected chi connectivity index (χ2v) is 7.14. The molecule has 0 aliphatic heterocycles. The van der Waals surface area contributed by atoms with Gasteiger partial charge in [-0.1, -0.05) is 43.7 Å². The summed E-state index contributed by atoms with van der Waals surface area (Å²) in [4.78, 5) is 37.0. The highest BCUT2D eigenvalue weighted by atomic mass is 19.1. The molecule has 0 aliphatic carbocycles. The second kappa shape index (κ2) is 9.41. The van der Waals surface area contributed by atoms with E-state index in [1.807, 2.05) is 13.0 Å². The van der Waals surface area contributed by atoms with E-state index in [4.69, 9.17) is 4.74 Å². The van der Waals surface area contributed by atoms with Gasteiger partial charge in [0.15, 0.2) is 6.61 Å². The largest absolute Gasteiger partial charge is 0.456 e. The Morgan fingerprint density at radius 3 is 2.21 bits per heavy atom. The van der Waals surface area contributed by atoms with E-state index >= 15 is 0 Å². The molecule has 0 radical (unpaired) electrons. The zero-order chi connectivity index (χ0) is 21.7. The third kappa shape index (κ3) is 5.47. The van der Waals surface area contributed by atoms with Gasteiger partial charge in [-0.3, -0.25) is 9.59 Å². The Bertz CT molecular complexity index is 920. The van der Waals surface area contributed by atoms with Gasteiger partial charge < -0.3 is 10.1 Å². The molecule has 0 fully saturated rings. The van der Waals surface area contributed by atoms with Gasteiger partial charge >= 0.3 is 5.97 Å². The number of nitrogens with one attached hydrogen (secondary N) is 1. The van der Waals surface area contributed by atoms with E-state index in [1.54, 1.807) is 32.9 Å². The first kappa shape index (κ1) is 22.2. The van der Waals surface area contributed by atoms with Crippen molar-refractivity contribution in [3.05, 3.63) is 70.3 Å². The van der Waals surface area contributed by atoms with Crippen LogP contribution in [-0.2, 0) is 9.53 Å². The van der Waals surface area contributed by atoms with Crippen molar-refractivity contribution in [1.82, 2.24) is 5.32 Å². The third-order valence-electron chi connectivity index (χ3n) is 4.42. The zero-order valence-electron chi connectivity index (χ0n) is 16.7. The molecule has 1 amide bonds. The lowest BCUT2D eigenvalue weighted by atomic mass is 10.0. The number of rotatable bonds is 7. The Hall–Kier alpha value is -3.09. The number of ether oxygens (including phenoxy) is 1. The fourth-order valence-electron chi connectivity index (χ4n) is 2.86. The van der Waals surface area contributed by atoms with Crippen LogP contribution in [0.3, 0.4) is 0 Å². The molecule has 0 aromatic heterocycles. The lowest BCUT2D eigenvalue weighted by Crippen LogP contribution is -2.46. The number of ketones is 1. The first-order valence-corrected chi connectivity index (χ1v) is 9.13. The van der Waals surface area contributed by atoms with Crippen molar-refractivity contribution in [2.45, 2.75) is 33.7 Å². The molecule has 5 nitrogen and oxygen atoms in total. The fourth-order valence-corrected chi connectivity index (χ4v) is 2.86. The number of hydrogen-bond acceptors (Lipinski definition) is 4. The van der Waals surface area contributed by atoms with E-state index in [2.05, 4.69) is 5.32 Å². The van der Waals surface area contributed by atoms with Crippen LogP contribution in [0.15, 0.2) is 36.4 Å². The standard InChI is InChI=1S/C22H23F2NO4/c1-12(2)20(25-21(27)19-16(23)6-5-7-17(19)24)22(28)29-11-18(26)15-9-8-13(3)10-14(15)4/h5-10,12,20H,11H2,1-4H3,(H,25,27)/t20-/m0/s1. The molecule has 2 aromatic carbocycles. The van der Waals surface area contributed by atoms with E-state index in [-0.39, 0.29) is 5.78 Å². The van der Waals surface area contributed by atoms with Crippen LogP contribution in [0.2, 0.25) is 0 Å². The van der Waals surface area contributed by atoms with E-state index < -0.39 is 47.6 Å². The quantitative estimate of drug-likeness (QED) is 0.564. The number of amides is 1. The number of halogens is 2. The molecular weight excluding hydrogens is 380 g/mol. The van der Waals surface area contributed by atoms with Gasteiger partial charge in [0, 0.05) is 5.56 Å². The van der Waals surface area contributed by atoms with Gasteiger partial charge in [-0.25, -0.2) is 13.6 Å². The molecule has 29 heavy (non-hydrogen) atoms. The predicted molar refractivity (Wildman–Crippen MR) is 104 cm³/mol. The molecule has 2 aromatic rings. The molecular formula is C22H23F2NO4. The highest BCUT2D eigenvalue weighted by molar-refractivity contribution is 6.00. The van der Waals surface area contributed by atoms with Crippen molar-refractivity contribution in [3.63, 3.8) is 0 Å². The molecule has 0 saturated carbocycles. The predicted octanol–water partition coefficient (Wildman–Crippen LogP) is 3.76. The van der Waals surface area contributed by atoms with Crippen molar-refractivity contribution >= 4 is 17.7 Å². The van der Waals surface area contributed by atoms with Crippen LogP contribution in [0.1, 0.15) is 45.7 Å². The van der Waals surface area contributed by atoms with Crippen molar-refractivity contribution < 1.29 is 27.9 Å². The smallest absolute Gasteiger partial charge is 0.329 e. The van der Waals surface area contributed by atoms with Crippen LogP contribution >= 0.6 is 0 Å². The van der Waals surface area contributed by atoms with Crippen LogP contribution in [0, 0.1) is 31.4 Å². The zero-order valence-corrected chi connectivity index (χ0v) is 16.7. The SMILES string of the molecule is Cc1ccc(C(=O)COC(=O)[C@@H](NC(=O)c2c(F)cccc2F)C(C)C)c(C)c1. The van der Waals surface area contributed by atoms with Crippen LogP contribution in [-0.4, -0.2) is 30.3 Å². The molecule has 1 atom stereocenters. The number of carbonyl (C=O) groups excluding carboxylic acids is 3. The average Bonchev–Trinajstić information content (AvgIpc) is 2.63. The molecule has 0 heterocycles. The Morgan fingerprint density at radius 1 is 1.03 bits per heavy atom. The van der Waals surface area contributed by atoms with Gasteiger partial charge in [-0.2, -0.15) is 0 Å². The maximum Gasteiger partial charge on any atom is 0.329 e. The van der Waals surface area contributed by atoms with Crippen molar-refractivity contribution in [2.24, 2.45) is 5.92 Å². The fraction of sp³-hybridized carbons (Fsp3) is 0.318. The lowest BCUT2D eigenvalue weighted by molar-refractivity contribution is -0.145. The number of benzene rings is 2. The normalized spacial score (nSPS) is 11.8. The van der Waals surface area contributed by atoms with Gasteiger partial charge in [0.2, 0.25) is 5.78 Å². The van der Waals surface area contributed by atoms with E-state index in [1.165, 1.54) is 0 Å². The molecule has 7 heteroatoms. The number of esters is 1. The summed E-state index contributed by atoms with van der Waals surface area (Å²) in [5.41, 5.74) is 1.41. The number of aryl methyl sites for hydroxylation is 2. The van der Waals surface area contributed by atoms with Crippen LogP contribution in [0.25, 0.3) is 0 Å². The minimum absolute atomic E-state index is 0.384. The monoisotopic (exact) mass is 403 g/mol. The Morgan fingerprint density at radius 2 is 1.66 bits per heavy atom. The summed E-state index contributed by atoms with van der Waals surface area (Å²) < 4.78 is 32.7.